The van der Waals surface area contributed by atoms with Crippen LogP contribution in [0.3, 0.4) is 0 Å². The van der Waals surface area contributed by atoms with Crippen molar-refractivity contribution in [3.63, 3.8) is 0 Å². The molecular formula is C21H23N5O2S. The van der Waals surface area contributed by atoms with Crippen LogP contribution < -0.4 is 0 Å². The van der Waals surface area contributed by atoms with Gasteiger partial charge in [-0.25, -0.2) is 4.98 Å². The number of amides is 1. The van der Waals surface area contributed by atoms with Gasteiger partial charge < -0.3 is 9.42 Å². The van der Waals surface area contributed by atoms with Gasteiger partial charge in [0.2, 0.25) is 11.7 Å². The van der Waals surface area contributed by atoms with Crippen LogP contribution in [0.4, 0.5) is 0 Å². The van der Waals surface area contributed by atoms with Gasteiger partial charge in [0.1, 0.15) is 4.88 Å². The highest BCUT2D eigenvalue weighted by Gasteiger charge is 2.29. The van der Waals surface area contributed by atoms with E-state index in [2.05, 4.69) is 20.0 Å². The Morgan fingerprint density at radius 2 is 2.00 bits per heavy atom. The zero-order chi connectivity index (χ0) is 19.8. The largest absolute Gasteiger partial charge is 0.338 e. The number of benzene rings is 1. The van der Waals surface area contributed by atoms with Crippen LogP contribution in [0, 0.1) is 6.92 Å². The fourth-order valence-electron chi connectivity index (χ4n) is 3.61. The summed E-state index contributed by atoms with van der Waals surface area (Å²) in [5.41, 5.74) is 2.12. The summed E-state index contributed by atoms with van der Waals surface area (Å²) in [5.74, 6) is 1.94. The number of hydrogen-bond donors (Lipinski definition) is 0. The lowest BCUT2D eigenvalue weighted by Gasteiger charge is -2.33. The maximum Gasteiger partial charge on any atom is 0.265 e. The summed E-state index contributed by atoms with van der Waals surface area (Å²) in [6.45, 7) is 5.64. The molecule has 0 spiro atoms. The van der Waals surface area contributed by atoms with Crippen LogP contribution in [-0.4, -0.2) is 57.0 Å². The van der Waals surface area contributed by atoms with Crippen LogP contribution in [0.2, 0.25) is 0 Å². The minimum absolute atomic E-state index is 0.105. The molecule has 0 bridgehead atoms. The van der Waals surface area contributed by atoms with Gasteiger partial charge in [-0.2, -0.15) is 4.98 Å². The summed E-state index contributed by atoms with van der Waals surface area (Å²) in [6.07, 6.45) is 4.17. The van der Waals surface area contributed by atoms with Crippen molar-refractivity contribution in [3.05, 3.63) is 51.8 Å². The van der Waals surface area contributed by atoms with E-state index in [1.54, 1.807) is 17.5 Å². The van der Waals surface area contributed by atoms with E-state index < -0.39 is 0 Å². The van der Waals surface area contributed by atoms with Gasteiger partial charge in [0.05, 0.1) is 17.7 Å². The van der Waals surface area contributed by atoms with Crippen molar-refractivity contribution in [3.8, 4) is 11.4 Å². The molecule has 2 aromatic heterocycles. The Morgan fingerprint density at radius 1 is 1.21 bits per heavy atom. The molecular weight excluding hydrogens is 386 g/mol. The Hall–Kier alpha value is -2.58. The van der Waals surface area contributed by atoms with E-state index in [0.717, 1.165) is 34.1 Å². The normalized spacial score (nSPS) is 17.6. The fraction of sp³-hybridized carbons (Fsp3) is 0.429. The average Bonchev–Trinajstić information content (AvgIpc) is 3.29. The molecule has 2 fully saturated rings. The number of aryl methyl sites for hydroxylation is 1. The molecule has 1 saturated carbocycles. The highest BCUT2D eigenvalue weighted by molar-refractivity contribution is 7.13. The maximum absolute atomic E-state index is 12.8. The van der Waals surface area contributed by atoms with Crippen LogP contribution >= 0.6 is 11.3 Å². The van der Waals surface area contributed by atoms with Gasteiger partial charge in [0, 0.05) is 37.7 Å². The number of nitrogens with zero attached hydrogens (tertiary/aromatic N) is 5. The quantitative estimate of drug-likeness (QED) is 0.643. The Bertz CT molecular complexity index is 1020. The molecule has 1 aromatic carbocycles. The molecule has 0 unspecified atom stereocenters. The van der Waals surface area contributed by atoms with E-state index in [4.69, 9.17) is 4.52 Å². The van der Waals surface area contributed by atoms with Crippen molar-refractivity contribution < 1.29 is 9.32 Å². The van der Waals surface area contributed by atoms with E-state index in [9.17, 15) is 4.79 Å². The van der Waals surface area contributed by atoms with Crippen LogP contribution in [0.5, 0.6) is 0 Å². The minimum atomic E-state index is 0.105. The molecule has 0 radical (unpaired) electrons. The summed E-state index contributed by atoms with van der Waals surface area (Å²) < 4.78 is 5.46. The molecule has 150 valence electrons. The van der Waals surface area contributed by atoms with Gasteiger partial charge in [-0.1, -0.05) is 29.4 Å². The van der Waals surface area contributed by atoms with Gasteiger partial charge >= 0.3 is 0 Å². The molecule has 1 saturated heterocycles. The van der Waals surface area contributed by atoms with E-state index >= 15 is 0 Å². The number of aromatic nitrogens is 3. The standard InChI is InChI=1S/C21H23N5O2S/c1-14-4-2-3-5-16(14)19-23-18(28-24-19)13-25-8-10-26(11-9-25)21(27)17-12-22-20(29-17)15-6-7-15/h2-5,12,15H,6-11,13H2,1H3. The summed E-state index contributed by atoms with van der Waals surface area (Å²) in [7, 11) is 0. The highest BCUT2D eigenvalue weighted by Crippen LogP contribution is 2.41. The van der Waals surface area contributed by atoms with E-state index in [1.165, 1.54) is 12.8 Å². The average molecular weight is 410 g/mol. The number of hydrogen-bond acceptors (Lipinski definition) is 7. The lowest BCUT2D eigenvalue weighted by Crippen LogP contribution is -2.48. The van der Waals surface area contributed by atoms with Gasteiger partial charge in [0.15, 0.2) is 0 Å². The third kappa shape index (κ3) is 3.95. The lowest BCUT2D eigenvalue weighted by molar-refractivity contribution is 0.0619. The summed E-state index contributed by atoms with van der Waals surface area (Å²) in [6, 6.07) is 8.02. The maximum atomic E-state index is 12.8. The molecule has 0 N–H and O–H groups in total. The molecule has 3 aromatic rings. The smallest absolute Gasteiger partial charge is 0.265 e. The Labute approximate surface area is 173 Å². The molecule has 8 heteroatoms. The van der Waals surface area contributed by atoms with Crippen molar-refractivity contribution in [2.24, 2.45) is 0 Å². The third-order valence-corrected chi connectivity index (χ3v) is 6.68. The zero-order valence-corrected chi connectivity index (χ0v) is 17.2. The Balaban J connectivity index is 1.17. The minimum Gasteiger partial charge on any atom is -0.338 e. The summed E-state index contributed by atoms with van der Waals surface area (Å²) in [5, 5.41) is 5.25. The van der Waals surface area contributed by atoms with Crippen LogP contribution in [0.25, 0.3) is 11.4 Å². The van der Waals surface area contributed by atoms with Crippen LogP contribution in [0.15, 0.2) is 35.0 Å². The second kappa shape index (κ2) is 7.68. The zero-order valence-electron chi connectivity index (χ0n) is 16.4. The first kappa shape index (κ1) is 18.4. The van der Waals surface area contributed by atoms with E-state index in [-0.39, 0.29) is 5.91 Å². The van der Waals surface area contributed by atoms with E-state index in [0.29, 0.717) is 37.3 Å². The third-order valence-electron chi connectivity index (χ3n) is 5.53. The highest BCUT2D eigenvalue weighted by atomic mass is 32.1. The molecule has 1 amide bonds. The molecule has 1 aliphatic heterocycles. The Morgan fingerprint density at radius 3 is 2.76 bits per heavy atom. The molecule has 1 aliphatic carbocycles. The topological polar surface area (TPSA) is 75.4 Å². The first-order chi connectivity index (χ1) is 14.2. The van der Waals surface area contributed by atoms with Gasteiger partial charge in [-0.15, -0.1) is 11.3 Å². The Kier molecular flexibility index (Phi) is 4.89. The monoisotopic (exact) mass is 409 g/mol. The predicted octanol–water partition coefficient (Wildman–Crippen LogP) is 3.34. The molecule has 5 rings (SSSR count). The number of thiazole rings is 1. The van der Waals surface area contributed by atoms with E-state index in [1.807, 2.05) is 36.1 Å². The number of rotatable bonds is 5. The second-order valence-corrected chi connectivity index (χ2v) is 8.79. The van der Waals surface area contributed by atoms with Crippen molar-refractivity contribution in [1.29, 1.82) is 0 Å². The predicted molar refractivity (Wildman–Crippen MR) is 110 cm³/mol. The SMILES string of the molecule is Cc1ccccc1-c1noc(CN2CCN(C(=O)c3cnc(C4CC4)s3)CC2)n1. The first-order valence-electron chi connectivity index (χ1n) is 10.0. The molecule has 2 aliphatic rings. The number of carbonyl (C=O) groups is 1. The number of piperazine rings is 1. The fourth-order valence-corrected chi connectivity index (χ4v) is 4.67. The molecule has 0 atom stereocenters. The first-order valence-corrected chi connectivity index (χ1v) is 10.8. The van der Waals surface area contributed by atoms with Gasteiger partial charge in [-0.3, -0.25) is 9.69 Å². The summed E-state index contributed by atoms with van der Waals surface area (Å²) >= 11 is 1.56. The van der Waals surface area contributed by atoms with Crippen LogP contribution in [-0.2, 0) is 6.54 Å². The van der Waals surface area contributed by atoms with Gasteiger partial charge in [-0.05, 0) is 25.3 Å². The summed E-state index contributed by atoms with van der Waals surface area (Å²) in [4.78, 5) is 26.7. The van der Waals surface area contributed by atoms with Crippen molar-refractivity contribution >= 4 is 17.2 Å². The molecule has 7 nitrogen and oxygen atoms in total. The van der Waals surface area contributed by atoms with Crippen molar-refractivity contribution in [1.82, 2.24) is 24.9 Å². The van der Waals surface area contributed by atoms with Crippen molar-refractivity contribution in [2.75, 3.05) is 26.2 Å². The second-order valence-electron chi connectivity index (χ2n) is 7.73. The number of carbonyl (C=O) groups excluding carboxylic acids is 1. The van der Waals surface area contributed by atoms with Gasteiger partial charge in [0.25, 0.3) is 5.91 Å². The van der Waals surface area contributed by atoms with Crippen molar-refractivity contribution in [2.45, 2.75) is 32.2 Å². The molecule has 3 heterocycles. The molecule has 29 heavy (non-hydrogen) atoms. The van der Waals surface area contributed by atoms with Crippen LogP contribution in [0.1, 0.15) is 44.9 Å². The lowest BCUT2D eigenvalue weighted by atomic mass is 10.1.